The molecule has 3 rings (SSSR count). The van der Waals surface area contributed by atoms with Gasteiger partial charge in [-0.25, -0.2) is 0 Å². The van der Waals surface area contributed by atoms with Gasteiger partial charge in [-0.1, -0.05) is 24.3 Å². The molecule has 0 unspecified atom stereocenters. The van der Waals surface area contributed by atoms with Crippen molar-refractivity contribution < 1.29 is 15.0 Å². The van der Waals surface area contributed by atoms with E-state index in [0.29, 0.717) is 0 Å². The quantitative estimate of drug-likeness (QED) is 0.836. The molecule has 3 nitrogen and oxygen atoms in total. The van der Waals surface area contributed by atoms with Crippen LogP contribution in [0, 0.1) is 0 Å². The molecule has 0 amide bonds. The topological polar surface area (TPSA) is 57.5 Å². The summed E-state index contributed by atoms with van der Waals surface area (Å²) in [5, 5.41) is 19.0. The summed E-state index contributed by atoms with van der Waals surface area (Å²) in [5.41, 5.74) is 1.24. The molecule has 0 bridgehead atoms. The van der Waals surface area contributed by atoms with E-state index in [0.717, 1.165) is 36.8 Å². The van der Waals surface area contributed by atoms with Gasteiger partial charge < -0.3 is 10.2 Å². The molecule has 1 aromatic rings. The van der Waals surface area contributed by atoms with Gasteiger partial charge in [0.05, 0.1) is 12.0 Å². The van der Waals surface area contributed by atoms with Gasteiger partial charge in [0.2, 0.25) is 0 Å². The van der Waals surface area contributed by atoms with Gasteiger partial charge in [-0.2, -0.15) is 0 Å². The van der Waals surface area contributed by atoms with Crippen LogP contribution in [0.25, 0.3) is 0 Å². The highest BCUT2D eigenvalue weighted by Gasteiger charge is 2.47. The minimum atomic E-state index is -0.738. The normalized spacial score (nSPS) is 23.1. The molecule has 90 valence electrons. The van der Waals surface area contributed by atoms with Crippen LogP contribution in [0.5, 0.6) is 0 Å². The number of aliphatic hydroxyl groups is 1. The fraction of sp³-hybridized carbons (Fsp3) is 0.500. The molecule has 2 N–H and O–H groups in total. The van der Waals surface area contributed by atoms with E-state index in [1.54, 1.807) is 0 Å². The fourth-order valence-electron chi connectivity index (χ4n) is 2.55. The Labute approximate surface area is 100 Å². The summed E-state index contributed by atoms with van der Waals surface area (Å²) in [5.74, 6) is -0.738. The maximum Gasteiger partial charge on any atom is 0.304 e. The van der Waals surface area contributed by atoms with Crippen molar-refractivity contribution in [2.45, 2.75) is 43.1 Å². The Morgan fingerprint density at radius 1 is 1.18 bits per heavy atom. The smallest absolute Gasteiger partial charge is 0.304 e. The summed E-state index contributed by atoms with van der Waals surface area (Å²) in [6.07, 6.45) is 3.74. The molecular weight excluding hydrogens is 216 g/mol. The molecule has 0 heterocycles. The molecule has 0 atom stereocenters. The Kier molecular flexibility index (Phi) is 2.11. The van der Waals surface area contributed by atoms with Crippen LogP contribution >= 0.6 is 0 Å². The van der Waals surface area contributed by atoms with Crippen molar-refractivity contribution in [2.24, 2.45) is 0 Å². The third-order valence-electron chi connectivity index (χ3n) is 4.08. The minimum absolute atomic E-state index is 0.160. The van der Waals surface area contributed by atoms with Crippen LogP contribution in [-0.4, -0.2) is 16.2 Å². The molecule has 0 aromatic heterocycles. The first kappa shape index (κ1) is 10.8. The van der Waals surface area contributed by atoms with E-state index in [9.17, 15) is 9.90 Å². The summed E-state index contributed by atoms with van der Waals surface area (Å²) < 4.78 is 0. The fourth-order valence-corrected chi connectivity index (χ4v) is 2.55. The third kappa shape index (κ3) is 1.84. The Balaban J connectivity index is 1.91. The van der Waals surface area contributed by atoms with Crippen LogP contribution in [0.3, 0.4) is 0 Å². The Bertz CT molecular complexity index is 470. The highest BCUT2D eigenvalue weighted by atomic mass is 16.4. The van der Waals surface area contributed by atoms with Crippen molar-refractivity contribution in [1.82, 2.24) is 0 Å². The minimum Gasteiger partial charge on any atom is -0.481 e. The van der Waals surface area contributed by atoms with Crippen molar-refractivity contribution >= 4 is 5.97 Å². The van der Waals surface area contributed by atoms with Crippen LogP contribution in [-0.2, 0) is 15.8 Å². The van der Waals surface area contributed by atoms with E-state index < -0.39 is 11.6 Å². The molecule has 3 heteroatoms. The lowest BCUT2D eigenvalue weighted by Crippen LogP contribution is -2.14. The van der Waals surface area contributed by atoms with Crippen molar-refractivity contribution in [2.75, 3.05) is 0 Å². The van der Waals surface area contributed by atoms with Crippen molar-refractivity contribution in [3.05, 3.63) is 35.4 Å². The van der Waals surface area contributed by atoms with E-state index >= 15 is 0 Å². The highest BCUT2D eigenvalue weighted by Crippen LogP contribution is 2.53. The molecule has 0 saturated heterocycles. The average Bonchev–Trinajstić information content (AvgIpc) is 3.18. The predicted molar refractivity (Wildman–Crippen MR) is 62.7 cm³/mol. The lowest BCUT2D eigenvalue weighted by atomic mass is 9.90. The summed E-state index contributed by atoms with van der Waals surface area (Å²) >= 11 is 0. The van der Waals surface area contributed by atoms with E-state index in [1.165, 1.54) is 0 Å². The SMILES string of the molecule is O=C(O)CC1(c2cccc(C3(O)CC3)c2)CC1. The van der Waals surface area contributed by atoms with Crippen LogP contribution in [0.1, 0.15) is 43.2 Å². The van der Waals surface area contributed by atoms with Gasteiger partial charge in [-0.3, -0.25) is 4.79 Å². The summed E-state index contributed by atoms with van der Waals surface area (Å²) in [6.45, 7) is 0. The van der Waals surface area contributed by atoms with Crippen LogP contribution < -0.4 is 0 Å². The number of aliphatic carboxylic acids is 1. The van der Waals surface area contributed by atoms with Gasteiger partial charge in [0.15, 0.2) is 0 Å². The second kappa shape index (κ2) is 3.33. The molecular formula is C14H16O3. The Morgan fingerprint density at radius 3 is 2.35 bits per heavy atom. The second-order valence-electron chi connectivity index (χ2n) is 5.46. The molecule has 1 aromatic carbocycles. The molecule has 17 heavy (non-hydrogen) atoms. The van der Waals surface area contributed by atoms with Crippen molar-refractivity contribution in [1.29, 1.82) is 0 Å². The first-order valence-electron chi connectivity index (χ1n) is 6.09. The highest BCUT2D eigenvalue weighted by molar-refractivity contribution is 5.70. The summed E-state index contributed by atoms with van der Waals surface area (Å²) in [6, 6.07) is 7.87. The number of hydrogen-bond acceptors (Lipinski definition) is 2. The first-order valence-corrected chi connectivity index (χ1v) is 6.09. The van der Waals surface area contributed by atoms with Gasteiger partial charge in [-0.15, -0.1) is 0 Å². The number of hydrogen-bond donors (Lipinski definition) is 2. The largest absolute Gasteiger partial charge is 0.481 e. The molecule has 0 aliphatic heterocycles. The van der Waals surface area contributed by atoms with Crippen LogP contribution in [0.15, 0.2) is 24.3 Å². The summed E-state index contributed by atoms with van der Waals surface area (Å²) in [4.78, 5) is 10.9. The van der Waals surface area contributed by atoms with Gasteiger partial charge in [-0.05, 0) is 36.8 Å². The zero-order chi connectivity index (χ0) is 12.1. The van der Waals surface area contributed by atoms with E-state index in [1.807, 2.05) is 24.3 Å². The van der Waals surface area contributed by atoms with Gasteiger partial charge in [0, 0.05) is 5.41 Å². The molecule has 2 saturated carbocycles. The first-order chi connectivity index (χ1) is 8.04. The molecule has 0 radical (unpaired) electrons. The molecule has 2 fully saturated rings. The van der Waals surface area contributed by atoms with Crippen molar-refractivity contribution in [3.63, 3.8) is 0 Å². The third-order valence-corrected chi connectivity index (χ3v) is 4.08. The summed E-state index contributed by atoms with van der Waals surface area (Å²) in [7, 11) is 0. The zero-order valence-corrected chi connectivity index (χ0v) is 9.65. The lowest BCUT2D eigenvalue weighted by molar-refractivity contribution is -0.137. The average molecular weight is 232 g/mol. The van der Waals surface area contributed by atoms with Crippen LogP contribution in [0.2, 0.25) is 0 Å². The number of carboxylic acid groups (broad SMARTS) is 1. The number of carbonyl (C=O) groups is 1. The van der Waals surface area contributed by atoms with Gasteiger partial charge in [0.25, 0.3) is 0 Å². The molecule has 2 aliphatic carbocycles. The van der Waals surface area contributed by atoms with Crippen molar-refractivity contribution in [3.8, 4) is 0 Å². The zero-order valence-electron chi connectivity index (χ0n) is 9.65. The standard InChI is InChI=1S/C14H16O3/c15-12(16)9-13(4-5-13)10-2-1-3-11(8-10)14(17)6-7-14/h1-3,8,17H,4-7,9H2,(H,15,16). The monoisotopic (exact) mass is 232 g/mol. The number of benzene rings is 1. The number of rotatable bonds is 4. The molecule has 2 aliphatic rings. The molecule has 0 spiro atoms. The predicted octanol–water partition coefficient (Wildman–Crippen LogP) is 2.17. The Hall–Kier alpha value is -1.35. The number of carboxylic acids is 1. The lowest BCUT2D eigenvalue weighted by Gasteiger charge is -2.16. The maximum absolute atomic E-state index is 10.9. The van der Waals surface area contributed by atoms with E-state index in [2.05, 4.69) is 0 Å². The van der Waals surface area contributed by atoms with Gasteiger partial charge >= 0.3 is 5.97 Å². The second-order valence-corrected chi connectivity index (χ2v) is 5.46. The van der Waals surface area contributed by atoms with Gasteiger partial charge in [0.1, 0.15) is 0 Å². The maximum atomic E-state index is 10.9. The van der Waals surface area contributed by atoms with Crippen LogP contribution in [0.4, 0.5) is 0 Å². The Morgan fingerprint density at radius 2 is 1.82 bits per heavy atom. The van der Waals surface area contributed by atoms with E-state index in [-0.39, 0.29) is 11.8 Å². The van der Waals surface area contributed by atoms with E-state index in [4.69, 9.17) is 5.11 Å².